The van der Waals surface area contributed by atoms with E-state index in [0.29, 0.717) is 23.7 Å². The molecule has 8 aromatic heterocycles. The minimum atomic E-state index is 0.350. The molecule has 0 N–H and O–H groups in total. The van der Waals surface area contributed by atoms with Crippen LogP contribution in [0.2, 0.25) is 0 Å². The summed E-state index contributed by atoms with van der Waals surface area (Å²) < 4.78 is 14.4. The van der Waals surface area contributed by atoms with E-state index >= 15 is 0 Å². The molecule has 0 unspecified atom stereocenters. The van der Waals surface area contributed by atoms with Gasteiger partial charge in [0.15, 0.2) is 0 Å². The zero-order valence-corrected chi connectivity index (χ0v) is 32.3. The summed E-state index contributed by atoms with van der Waals surface area (Å²) in [5.41, 5.74) is 10.4. The molecule has 0 saturated heterocycles. The molecule has 0 atom stereocenters. The fraction of sp³-hybridized carbons (Fsp3) is 0.0435. The predicted molar refractivity (Wildman–Crippen MR) is 229 cm³/mol. The van der Waals surface area contributed by atoms with Gasteiger partial charge in [0.1, 0.15) is 0 Å². The number of methoxy groups -OCH3 is 2. The van der Waals surface area contributed by atoms with Crippen molar-refractivity contribution in [2.24, 2.45) is 0 Å². The standard InChI is InChI=1S/C46H34N12O2/c1-59-43-21-11-35(27-49-43)41-19-17-39-29-51-45(53-55(39)41)57(37-13-7-31(8-14-37)33-5-3-23-47-25-33)58(38-15-9-32(10-16-38)34-6-4-24-48-26-34)46-52-30-40-18-20-42(56(40)54-46)36-12-22-44(60-2)50-28-36/h3-30H,1-2H3. The highest BCUT2D eigenvalue weighted by Gasteiger charge is 2.28. The molecule has 2 aromatic carbocycles. The highest BCUT2D eigenvalue weighted by atomic mass is 16.5. The van der Waals surface area contributed by atoms with E-state index in [9.17, 15) is 0 Å². The molecule has 60 heavy (non-hydrogen) atoms. The Morgan fingerprint density at radius 3 is 1.20 bits per heavy atom. The van der Waals surface area contributed by atoms with Gasteiger partial charge in [0, 0.05) is 60.4 Å². The van der Waals surface area contributed by atoms with Gasteiger partial charge in [-0.1, -0.05) is 36.4 Å². The summed E-state index contributed by atoms with van der Waals surface area (Å²) in [7, 11) is 3.19. The van der Waals surface area contributed by atoms with Crippen molar-refractivity contribution in [1.29, 1.82) is 0 Å². The number of rotatable bonds is 11. The summed E-state index contributed by atoms with van der Waals surface area (Å²) in [5, 5.41) is 14.3. The van der Waals surface area contributed by atoms with Crippen molar-refractivity contribution in [2.45, 2.75) is 0 Å². The normalized spacial score (nSPS) is 11.2. The maximum atomic E-state index is 5.33. The van der Waals surface area contributed by atoms with Crippen molar-refractivity contribution < 1.29 is 9.47 Å². The third kappa shape index (κ3) is 6.73. The number of ether oxygens (including phenoxy) is 2. The monoisotopic (exact) mass is 786 g/mol. The first kappa shape index (κ1) is 35.9. The van der Waals surface area contributed by atoms with Crippen molar-refractivity contribution in [2.75, 3.05) is 24.2 Å². The van der Waals surface area contributed by atoms with Gasteiger partial charge in [0.25, 0.3) is 11.9 Å². The van der Waals surface area contributed by atoms with Crippen molar-refractivity contribution in [1.82, 2.24) is 49.1 Å². The fourth-order valence-electron chi connectivity index (χ4n) is 7.02. The predicted octanol–water partition coefficient (Wildman–Crippen LogP) is 8.93. The Hall–Kier alpha value is -8.52. The van der Waals surface area contributed by atoms with Crippen LogP contribution < -0.4 is 19.5 Å². The van der Waals surface area contributed by atoms with E-state index in [0.717, 1.165) is 67.2 Å². The smallest absolute Gasteiger partial charge is 0.267 e. The van der Waals surface area contributed by atoms with Gasteiger partial charge >= 0.3 is 0 Å². The molecule has 0 spiro atoms. The molecule has 0 aliphatic heterocycles. The second-order valence-corrected chi connectivity index (χ2v) is 13.6. The number of benzene rings is 2. The van der Waals surface area contributed by atoms with Gasteiger partial charge in [0.05, 0.1) is 60.4 Å². The molecule has 8 heterocycles. The highest BCUT2D eigenvalue weighted by Crippen LogP contribution is 2.37. The van der Waals surface area contributed by atoms with Gasteiger partial charge in [0.2, 0.25) is 11.8 Å². The van der Waals surface area contributed by atoms with Gasteiger partial charge in [-0.25, -0.2) is 39.0 Å². The minimum Gasteiger partial charge on any atom is -0.481 e. The Morgan fingerprint density at radius 2 is 0.833 bits per heavy atom. The summed E-state index contributed by atoms with van der Waals surface area (Å²) in [4.78, 5) is 27.6. The first-order valence-electron chi connectivity index (χ1n) is 18.9. The minimum absolute atomic E-state index is 0.350. The van der Waals surface area contributed by atoms with Crippen LogP contribution in [0.15, 0.2) is 171 Å². The molecule has 10 rings (SSSR count). The number of anilines is 4. The third-order valence-corrected chi connectivity index (χ3v) is 10.0. The number of hydrogen-bond donors (Lipinski definition) is 0. The summed E-state index contributed by atoms with van der Waals surface area (Å²) in [5.74, 6) is 1.74. The number of hydrogen-bond acceptors (Lipinski definition) is 12. The number of fused-ring (bicyclic) bond motifs is 2. The van der Waals surface area contributed by atoms with E-state index < -0.39 is 0 Å². The average molecular weight is 787 g/mol. The number of aromatic nitrogens is 10. The molecular weight excluding hydrogens is 753 g/mol. The maximum Gasteiger partial charge on any atom is 0.267 e. The Bertz CT molecular complexity index is 2840. The van der Waals surface area contributed by atoms with Crippen LogP contribution >= 0.6 is 0 Å². The van der Waals surface area contributed by atoms with E-state index in [1.165, 1.54) is 0 Å². The molecule has 0 fully saturated rings. The van der Waals surface area contributed by atoms with Gasteiger partial charge in [-0.05, 0) is 95.1 Å². The van der Waals surface area contributed by atoms with E-state index in [1.54, 1.807) is 51.4 Å². The number of nitrogens with zero attached hydrogens (tertiary/aromatic N) is 12. The molecule has 0 bridgehead atoms. The lowest BCUT2D eigenvalue weighted by Gasteiger charge is -2.34. The van der Waals surface area contributed by atoms with Crippen LogP contribution in [0.4, 0.5) is 23.3 Å². The topological polar surface area (TPSA) is 137 Å². The van der Waals surface area contributed by atoms with Gasteiger partial charge in [-0.2, -0.15) is 0 Å². The van der Waals surface area contributed by atoms with Crippen molar-refractivity contribution in [3.63, 3.8) is 0 Å². The number of hydrazine groups is 1. The Kier molecular flexibility index (Phi) is 9.23. The van der Waals surface area contributed by atoms with Crippen molar-refractivity contribution >= 4 is 34.3 Å². The first-order valence-corrected chi connectivity index (χ1v) is 18.9. The van der Waals surface area contributed by atoms with E-state index in [4.69, 9.17) is 29.6 Å². The molecule has 0 saturated carbocycles. The number of pyridine rings is 4. The molecule has 14 nitrogen and oxygen atoms in total. The van der Waals surface area contributed by atoms with Crippen LogP contribution in [-0.2, 0) is 0 Å². The summed E-state index contributed by atoms with van der Waals surface area (Å²) in [6.07, 6.45) is 14.4. The van der Waals surface area contributed by atoms with E-state index in [1.807, 2.05) is 129 Å². The first-order chi connectivity index (χ1) is 29.6. The Balaban J connectivity index is 1.18. The van der Waals surface area contributed by atoms with Gasteiger partial charge < -0.3 is 9.47 Å². The largest absolute Gasteiger partial charge is 0.481 e. The summed E-state index contributed by atoms with van der Waals surface area (Å²) in [6, 6.07) is 39.7. The third-order valence-electron chi connectivity index (χ3n) is 10.0. The average Bonchev–Trinajstić information content (AvgIpc) is 3.96. The molecule has 0 aliphatic carbocycles. The molecule has 14 heteroatoms. The van der Waals surface area contributed by atoms with Crippen LogP contribution in [0, 0.1) is 0 Å². The zero-order chi connectivity index (χ0) is 40.4. The van der Waals surface area contributed by atoms with E-state index in [2.05, 4.69) is 44.2 Å². The van der Waals surface area contributed by atoms with Crippen LogP contribution in [0.1, 0.15) is 0 Å². The van der Waals surface area contributed by atoms with Crippen LogP contribution in [0.3, 0.4) is 0 Å². The Labute approximate surface area is 343 Å². The van der Waals surface area contributed by atoms with Gasteiger partial charge in [-0.3, -0.25) is 9.97 Å². The van der Waals surface area contributed by atoms with Gasteiger partial charge in [-0.15, -0.1) is 10.2 Å². The zero-order valence-electron chi connectivity index (χ0n) is 32.3. The van der Waals surface area contributed by atoms with Crippen LogP contribution in [0.5, 0.6) is 11.8 Å². The second kappa shape index (κ2) is 15.4. The molecule has 0 amide bonds. The maximum absolute atomic E-state index is 5.33. The van der Waals surface area contributed by atoms with Crippen molar-refractivity contribution in [3.05, 3.63) is 171 Å². The van der Waals surface area contributed by atoms with E-state index in [-0.39, 0.29) is 0 Å². The van der Waals surface area contributed by atoms with Crippen LogP contribution in [0.25, 0.3) is 55.8 Å². The lowest BCUT2D eigenvalue weighted by molar-refractivity contribution is 0.398. The molecule has 10 aromatic rings. The summed E-state index contributed by atoms with van der Waals surface area (Å²) >= 11 is 0. The quantitative estimate of drug-likeness (QED) is 0.116. The van der Waals surface area contributed by atoms with Crippen molar-refractivity contribution in [3.8, 4) is 56.5 Å². The lowest BCUT2D eigenvalue weighted by Crippen LogP contribution is -2.38. The Morgan fingerprint density at radius 1 is 0.400 bits per heavy atom. The summed E-state index contributed by atoms with van der Waals surface area (Å²) in [6.45, 7) is 0. The molecule has 0 radical (unpaired) electrons. The molecule has 290 valence electrons. The molecule has 0 aliphatic rings. The molecular formula is C46H34N12O2. The highest BCUT2D eigenvalue weighted by molar-refractivity contribution is 5.77. The lowest BCUT2D eigenvalue weighted by atomic mass is 10.1. The SMILES string of the molecule is COc1ccc(-c2ccc3cnc(N(c4ccc(-c5cccnc5)cc4)N(c4ccc(-c5cccnc5)cc4)c4ncc5ccc(-c6ccc(OC)nc6)n5n4)nn23)cn1. The van der Waals surface area contributed by atoms with Crippen LogP contribution in [-0.4, -0.2) is 63.4 Å². The second-order valence-electron chi connectivity index (χ2n) is 13.6. The fourth-order valence-corrected chi connectivity index (χ4v) is 7.02.